The molecule has 0 radical (unpaired) electrons. The number of hydrogen-bond acceptors (Lipinski definition) is 5. The van der Waals surface area contributed by atoms with Gasteiger partial charge in [-0.3, -0.25) is 0 Å². The van der Waals surface area contributed by atoms with E-state index in [9.17, 15) is 28.2 Å². The zero-order chi connectivity index (χ0) is 26.8. The monoisotopic (exact) mass is 538 g/mol. The zero-order valence-corrected chi connectivity index (χ0v) is 23.2. The molecular weight excluding hydrogens is 499 g/mol. The normalized spacial score (nSPS) is 13.1. The summed E-state index contributed by atoms with van der Waals surface area (Å²) in [5, 5.41) is 19.0. The molecule has 2 aromatic carbocycles. The molecule has 36 heavy (non-hydrogen) atoms. The molecule has 0 amide bonds. The third kappa shape index (κ3) is 7.61. The van der Waals surface area contributed by atoms with Gasteiger partial charge in [-0.1, -0.05) is 0 Å². The molecule has 0 atom stereocenters. The van der Waals surface area contributed by atoms with Crippen LogP contribution in [0, 0.1) is 0 Å². The number of rotatable bonds is 16. The summed E-state index contributed by atoms with van der Waals surface area (Å²) in [4.78, 5) is 22.9. The minimum atomic E-state index is -4.47. The van der Waals surface area contributed by atoms with Gasteiger partial charge in [-0.05, 0) is 0 Å². The molecule has 2 rings (SSSR count). The first-order valence-electron chi connectivity index (χ1n) is 12.6. The molecule has 0 spiro atoms. The molecule has 0 aromatic heterocycles. The van der Waals surface area contributed by atoms with E-state index in [1.165, 1.54) is 0 Å². The first kappa shape index (κ1) is 29.9. The van der Waals surface area contributed by atoms with Gasteiger partial charge in [0.15, 0.2) is 0 Å². The van der Waals surface area contributed by atoms with E-state index < -0.39 is 44.9 Å². The fraction of sp³-hybridized carbons (Fsp3) is 0.481. The van der Waals surface area contributed by atoms with E-state index in [1.807, 2.05) is 30.3 Å². The predicted molar refractivity (Wildman–Crippen MR) is 145 cm³/mol. The maximum absolute atomic E-state index is 13.9. The van der Waals surface area contributed by atoms with Gasteiger partial charge in [-0.25, -0.2) is 0 Å². The average molecular weight is 539 g/mol. The fourth-order valence-corrected chi connectivity index (χ4v) is 14.6. The van der Waals surface area contributed by atoms with Gasteiger partial charge in [-0.15, -0.1) is 0 Å². The molecule has 2 N–H and O–H groups in total. The van der Waals surface area contributed by atoms with Crippen molar-refractivity contribution in [2.45, 2.75) is 70.4 Å². The van der Waals surface area contributed by atoms with Crippen molar-refractivity contribution in [1.82, 2.24) is 0 Å². The summed E-state index contributed by atoms with van der Waals surface area (Å²) in [5.41, 5.74) is 0.200. The van der Waals surface area contributed by atoms with Crippen LogP contribution in [0.25, 0.3) is 0 Å². The third-order valence-corrected chi connectivity index (χ3v) is 15.4. The Kier molecular flexibility index (Phi) is 10.6. The zero-order valence-electron chi connectivity index (χ0n) is 21.5. The quantitative estimate of drug-likeness (QED) is 0.224. The van der Waals surface area contributed by atoms with Gasteiger partial charge in [0.1, 0.15) is 0 Å². The van der Waals surface area contributed by atoms with E-state index in [0.29, 0.717) is 24.6 Å². The first-order valence-corrected chi connectivity index (χ1v) is 16.9. The Morgan fingerprint density at radius 3 is 1.61 bits per heavy atom. The van der Waals surface area contributed by atoms with Gasteiger partial charge in [0, 0.05) is 0 Å². The van der Waals surface area contributed by atoms with Crippen LogP contribution in [0.4, 0.5) is 0 Å². The molecule has 0 bridgehead atoms. The van der Waals surface area contributed by atoms with E-state index in [-0.39, 0.29) is 0 Å². The average Bonchev–Trinajstić information content (AvgIpc) is 2.85. The summed E-state index contributed by atoms with van der Waals surface area (Å²) in [6.45, 7) is 2.75. The molecular formula is C27H39O7PS. The number of benzene rings is 2. The second kappa shape index (κ2) is 12.8. The van der Waals surface area contributed by atoms with E-state index in [1.54, 1.807) is 0 Å². The Labute approximate surface area is 215 Å². The van der Waals surface area contributed by atoms with Gasteiger partial charge >= 0.3 is 215 Å². The van der Waals surface area contributed by atoms with Gasteiger partial charge in [0.2, 0.25) is 0 Å². The number of unbranched alkanes of at least 4 members (excludes halogenated alkanes) is 3. The second-order valence-corrected chi connectivity index (χ2v) is 17.0. The van der Waals surface area contributed by atoms with Crippen molar-refractivity contribution in [3.8, 4) is 0 Å². The Bertz CT molecular complexity index is 1090. The van der Waals surface area contributed by atoms with Crippen LogP contribution in [-0.4, -0.2) is 49.1 Å². The molecule has 0 unspecified atom stereocenters. The summed E-state index contributed by atoms with van der Waals surface area (Å²) in [5.74, 6) is -2.81. The molecule has 200 valence electrons. The topological polar surface area (TPSA) is 118 Å². The second-order valence-electron chi connectivity index (χ2n) is 9.62. The molecule has 9 heteroatoms. The summed E-state index contributed by atoms with van der Waals surface area (Å²) >= 11 is 0. The van der Waals surface area contributed by atoms with Crippen molar-refractivity contribution < 1.29 is 32.2 Å². The van der Waals surface area contributed by atoms with Crippen LogP contribution in [0.1, 0.15) is 85.6 Å². The van der Waals surface area contributed by atoms with E-state index in [0.717, 1.165) is 62.3 Å². The van der Waals surface area contributed by atoms with Gasteiger partial charge in [0.25, 0.3) is 0 Å². The number of carboxylic acid groups (broad SMARTS) is 2. The standard InChI is InChI=1S/C27H39O7PS/c1-4-7-15-35(16-8-5-2,17-9-6-3,21-22-13-11-10-12-14-22)34-36(32,33)25-19-23(26(28)29)18-24(20-25)27(30)31/h10-14,18-20H,4-9,15-17,21H2,1-3H3,(H,28,29)(H,30,31). The van der Waals surface area contributed by atoms with Crippen LogP contribution in [0.5, 0.6) is 0 Å². The van der Waals surface area contributed by atoms with Gasteiger partial charge in [-0.2, -0.15) is 0 Å². The molecule has 0 heterocycles. The molecule has 2 aromatic rings. The van der Waals surface area contributed by atoms with Crippen molar-refractivity contribution >= 4 is 28.9 Å². The van der Waals surface area contributed by atoms with Crippen LogP contribution < -0.4 is 0 Å². The summed E-state index contributed by atoms with van der Waals surface area (Å²) < 4.78 is 34.3. The molecule has 0 saturated carbocycles. The fourth-order valence-electron chi connectivity index (χ4n) is 4.74. The number of aromatic carboxylic acids is 2. The van der Waals surface area contributed by atoms with E-state index in [2.05, 4.69) is 20.8 Å². The number of carbonyl (C=O) groups is 2. The SMILES string of the molecule is CCCCP(CCCC)(CCCC)(Cc1ccccc1)OS(=O)(=O)c1cc(C(=O)O)cc(C(=O)O)c1. The molecule has 0 aliphatic heterocycles. The molecule has 7 nitrogen and oxygen atoms in total. The molecule has 0 aliphatic carbocycles. The van der Waals surface area contributed by atoms with Crippen molar-refractivity contribution in [2.75, 3.05) is 18.5 Å². The van der Waals surface area contributed by atoms with E-state index >= 15 is 0 Å². The summed E-state index contributed by atoms with van der Waals surface area (Å²) in [6.07, 6.45) is 7.50. The number of carboxylic acids is 2. The van der Waals surface area contributed by atoms with Crippen LogP contribution in [0.2, 0.25) is 0 Å². The molecule has 0 aliphatic rings. The predicted octanol–water partition coefficient (Wildman–Crippen LogP) is 6.86. The van der Waals surface area contributed by atoms with Crippen molar-refractivity contribution in [2.24, 2.45) is 0 Å². The first-order chi connectivity index (χ1) is 17.0. The Morgan fingerprint density at radius 1 is 0.778 bits per heavy atom. The molecule has 0 fully saturated rings. The van der Waals surface area contributed by atoms with Crippen molar-refractivity contribution in [3.05, 3.63) is 65.2 Å². The molecule has 0 saturated heterocycles. The van der Waals surface area contributed by atoms with Crippen LogP contribution in [0.3, 0.4) is 0 Å². The summed E-state index contributed by atoms with van der Waals surface area (Å²) in [7, 11) is -4.47. The third-order valence-electron chi connectivity index (χ3n) is 6.66. The summed E-state index contributed by atoms with van der Waals surface area (Å²) in [6, 6.07) is 12.7. The minimum absolute atomic E-state index is 0.406. The Morgan fingerprint density at radius 2 is 1.22 bits per heavy atom. The van der Waals surface area contributed by atoms with E-state index in [4.69, 9.17) is 3.97 Å². The van der Waals surface area contributed by atoms with Crippen molar-refractivity contribution in [3.63, 3.8) is 0 Å². The Hall–Kier alpha value is -2.28. The van der Waals surface area contributed by atoms with Crippen LogP contribution in [-0.2, 0) is 20.3 Å². The van der Waals surface area contributed by atoms with Gasteiger partial charge in [0.05, 0.1) is 0 Å². The Balaban J connectivity index is 2.77. The number of hydrogen-bond donors (Lipinski definition) is 2. The van der Waals surface area contributed by atoms with Gasteiger partial charge < -0.3 is 0 Å². The maximum atomic E-state index is 13.9. The van der Waals surface area contributed by atoms with Crippen LogP contribution in [0.15, 0.2) is 53.4 Å². The van der Waals surface area contributed by atoms with Crippen LogP contribution >= 0.6 is 6.83 Å². The van der Waals surface area contributed by atoms with Crippen molar-refractivity contribution in [1.29, 1.82) is 0 Å².